The zero-order chi connectivity index (χ0) is 28.0. The molecular formula is C30H28ClFN2O4S. The van der Waals surface area contributed by atoms with E-state index in [0.29, 0.717) is 16.5 Å². The van der Waals surface area contributed by atoms with Crippen molar-refractivity contribution in [3.05, 3.63) is 125 Å². The number of halogens is 2. The smallest absolute Gasteiger partial charge is 0.264 e. The van der Waals surface area contributed by atoms with Crippen molar-refractivity contribution in [1.82, 2.24) is 5.32 Å². The van der Waals surface area contributed by atoms with Crippen LogP contribution in [0.2, 0.25) is 5.02 Å². The Labute approximate surface area is 233 Å². The summed E-state index contributed by atoms with van der Waals surface area (Å²) in [5.41, 5.74) is 2.93. The Morgan fingerprint density at radius 2 is 1.54 bits per heavy atom. The number of ether oxygens (including phenoxy) is 1. The first kappa shape index (κ1) is 28.1. The van der Waals surface area contributed by atoms with Crippen LogP contribution in [0.4, 0.5) is 10.1 Å². The van der Waals surface area contributed by atoms with Gasteiger partial charge in [-0.25, -0.2) is 12.8 Å². The Bertz CT molecular complexity index is 1510. The van der Waals surface area contributed by atoms with Crippen molar-refractivity contribution in [2.24, 2.45) is 0 Å². The summed E-state index contributed by atoms with van der Waals surface area (Å²) in [6, 6.07) is 25.8. The van der Waals surface area contributed by atoms with Gasteiger partial charge in [0.2, 0.25) is 0 Å². The summed E-state index contributed by atoms with van der Waals surface area (Å²) in [7, 11) is -3.89. The van der Waals surface area contributed by atoms with Gasteiger partial charge in [0.25, 0.3) is 15.9 Å². The first-order valence-corrected chi connectivity index (χ1v) is 14.1. The van der Waals surface area contributed by atoms with Crippen LogP contribution in [-0.2, 0) is 21.4 Å². The summed E-state index contributed by atoms with van der Waals surface area (Å²) in [5.74, 6) is -0.285. The molecule has 0 radical (unpaired) electrons. The van der Waals surface area contributed by atoms with Gasteiger partial charge in [-0.2, -0.15) is 0 Å². The number of rotatable bonds is 10. The number of hydrogen-bond donors (Lipinski definition) is 1. The van der Waals surface area contributed by atoms with E-state index >= 15 is 0 Å². The third-order valence-electron chi connectivity index (χ3n) is 6.09. The number of nitrogens with zero attached hydrogens (tertiary/aromatic N) is 1. The quantitative estimate of drug-likeness (QED) is 0.240. The van der Waals surface area contributed by atoms with Gasteiger partial charge in [-0.1, -0.05) is 53.6 Å². The molecule has 1 N–H and O–H groups in total. The fourth-order valence-electron chi connectivity index (χ4n) is 3.88. The third kappa shape index (κ3) is 7.37. The van der Waals surface area contributed by atoms with E-state index in [-0.39, 0.29) is 35.8 Å². The molecule has 0 aliphatic rings. The highest BCUT2D eigenvalue weighted by Crippen LogP contribution is 2.28. The molecule has 202 valence electrons. The van der Waals surface area contributed by atoms with Crippen LogP contribution in [0.1, 0.15) is 29.7 Å². The van der Waals surface area contributed by atoms with Crippen molar-refractivity contribution in [2.75, 3.05) is 10.9 Å². The Morgan fingerprint density at radius 3 is 2.15 bits per heavy atom. The molecule has 4 rings (SSSR count). The lowest BCUT2D eigenvalue weighted by Gasteiger charge is -2.25. The highest BCUT2D eigenvalue weighted by atomic mass is 35.5. The zero-order valence-electron chi connectivity index (χ0n) is 21.5. The largest absolute Gasteiger partial charge is 0.484 e. The molecule has 39 heavy (non-hydrogen) atoms. The third-order valence-corrected chi connectivity index (χ3v) is 8.13. The van der Waals surface area contributed by atoms with Crippen molar-refractivity contribution in [3.8, 4) is 5.75 Å². The molecule has 1 amide bonds. The summed E-state index contributed by atoms with van der Waals surface area (Å²) in [6.07, 6.45) is 0. The Hall–Kier alpha value is -3.88. The van der Waals surface area contributed by atoms with Crippen LogP contribution in [-0.4, -0.2) is 20.9 Å². The minimum absolute atomic E-state index is 0.0945. The first-order chi connectivity index (χ1) is 18.6. The van der Waals surface area contributed by atoms with Gasteiger partial charge in [-0.3, -0.25) is 9.10 Å². The van der Waals surface area contributed by atoms with Gasteiger partial charge in [-0.05, 0) is 85.6 Å². The molecule has 0 aliphatic heterocycles. The van der Waals surface area contributed by atoms with Gasteiger partial charge in [0.05, 0.1) is 23.2 Å². The van der Waals surface area contributed by atoms with Gasteiger partial charge in [0, 0.05) is 5.02 Å². The maximum atomic E-state index is 13.6. The Balaban J connectivity index is 1.48. The standard InChI is InChI=1S/C30H28ClFN2O4S/c1-21-3-17-29(18-4-21)39(36,37)34(19-23-5-9-25(31)10-6-23)27-13-15-28(16-14-27)38-20-30(35)33-22(2)24-7-11-26(32)12-8-24/h3-18,22H,19-20H2,1-2H3,(H,33,35). The molecule has 4 aromatic rings. The maximum Gasteiger partial charge on any atom is 0.264 e. The second-order valence-electron chi connectivity index (χ2n) is 9.07. The number of hydrogen-bond acceptors (Lipinski definition) is 4. The monoisotopic (exact) mass is 566 g/mol. The second kappa shape index (κ2) is 12.3. The average molecular weight is 567 g/mol. The van der Waals surface area contributed by atoms with E-state index in [1.807, 2.05) is 6.92 Å². The van der Waals surface area contributed by atoms with Crippen LogP contribution in [0.15, 0.2) is 102 Å². The lowest BCUT2D eigenvalue weighted by atomic mass is 10.1. The predicted molar refractivity (Wildman–Crippen MR) is 151 cm³/mol. The Morgan fingerprint density at radius 1 is 0.923 bits per heavy atom. The van der Waals surface area contributed by atoms with Crippen LogP contribution in [0.25, 0.3) is 0 Å². The molecular weight excluding hydrogens is 539 g/mol. The van der Waals surface area contributed by atoms with Crippen LogP contribution in [0.3, 0.4) is 0 Å². The minimum atomic E-state index is -3.89. The summed E-state index contributed by atoms with van der Waals surface area (Å²) >= 11 is 6.01. The molecule has 0 spiro atoms. The Kier molecular flexibility index (Phi) is 8.89. The first-order valence-electron chi connectivity index (χ1n) is 12.2. The maximum absolute atomic E-state index is 13.6. The zero-order valence-corrected chi connectivity index (χ0v) is 23.0. The molecule has 1 atom stereocenters. The van der Waals surface area contributed by atoms with Crippen molar-refractivity contribution in [2.45, 2.75) is 31.3 Å². The fraction of sp³-hybridized carbons (Fsp3) is 0.167. The van der Waals surface area contributed by atoms with E-state index in [1.165, 1.54) is 16.4 Å². The molecule has 9 heteroatoms. The highest BCUT2D eigenvalue weighted by molar-refractivity contribution is 7.92. The number of amides is 1. The summed E-state index contributed by atoms with van der Waals surface area (Å²) < 4.78 is 47.4. The SMILES string of the molecule is Cc1ccc(S(=O)(=O)N(Cc2ccc(Cl)cc2)c2ccc(OCC(=O)NC(C)c3ccc(F)cc3)cc2)cc1. The average Bonchev–Trinajstić information content (AvgIpc) is 2.92. The van der Waals surface area contributed by atoms with Gasteiger partial charge < -0.3 is 10.1 Å². The van der Waals surface area contributed by atoms with E-state index in [2.05, 4.69) is 5.32 Å². The van der Waals surface area contributed by atoms with E-state index in [4.69, 9.17) is 16.3 Å². The van der Waals surface area contributed by atoms with E-state index in [9.17, 15) is 17.6 Å². The summed E-state index contributed by atoms with van der Waals surface area (Å²) in [6.45, 7) is 3.55. The van der Waals surface area contributed by atoms with Gasteiger partial charge in [-0.15, -0.1) is 0 Å². The van der Waals surface area contributed by atoms with Crippen LogP contribution >= 0.6 is 11.6 Å². The van der Waals surface area contributed by atoms with Crippen LogP contribution < -0.4 is 14.4 Å². The number of benzene rings is 4. The molecule has 6 nitrogen and oxygen atoms in total. The number of carbonyl (C=O) groups is 1. The van der Waals surface area contributed by atoms with Crippen molar-refractivity contribution in [1.29, 1.82) is 0 Å². The van der Waals surface area contributed by atoms with Crippen molar-refractivity contribution < 1.29 is 22.3 Å². The molecule has 0 saturated carbocycles. The fourth-order valence-corrected chi connectivity index (χ4v) is 5.46. The minimum Gasteiger partial charge on any atom is -0.484 e. The van der Waals surface area contributed by atoms with E-state index < -0.39 is 10.0 Å². The molecule has 0 aromatic heterocycles. The molecule has 1 unspecified atom stereocenters. The van der Waals surface area contributed by atoms with Gasteiger partial charge >= 0.3 is 0 Å². The van der Waals surface area contributed by atoms with Gasteiger partial charge in [0.15, 0.2) is 6.61 Å². The van der Waals surface area contributed by atoms with E-state index in [0.717, 1.165) is 16.7 Å². The summed E-state index contributed by atoms with van der Waals surface area (Å²) in [4.78, 5) is 12.5. The lowest BCUT2D eigenvalue weighted by molar-refractivity contribution is -0.123. The highest BCUT2D eigenvalue weighted by Gasteiger charge is 2.25. The second-order valence-corrected chi connectivity index (χ2v) is 11.4. The number of sulfonamides is 1. The normalized spacial score (nSPS) is 12.0. The lowest BCUT2D eigenvalue weighted by Crippen LogP contribution is -2.31. The van der Waals surface area contributed by atoms with Crippen LogP contribution in [0.5, 0.6) is 5.75 Å². The predicted octanol–water partition coefficient (Wildman–Crippen LogP) is 6.44. The number of nitrogens with one attached hydrogen (secondary N) is 1. The van der Waals surface area contributed by atoms with Crippen molar-refractivity contribution >= 4 is 33.2 Å². The number of anilines is 1. The molecule has 0 fully saturated rings. The van der Waals surface area contributed by atoms with Gasteiger partial charge in [0.1, 0.15) is 11.6 Å². The number of carbonyl (C=O) groups excluding carboxylic acids is 1. The van der Waals surface area contributed by atoms with Crippen LogP contribution in [0, 0.1) is 12.7 Å². The number of aryl methyl sites for hydroxylation is 1. The molecule has 0 heterocycles. The molecule has 0 saturated heterocycles. The summed E-state index contributed by atoms with van der Waals surface area (Å²) in [5, 5.41) is 3.36. The van der Waals surface area contributed by atoms with Crippen molar-refractivity contribution in [3.63, 3.8) is 0 Å². The van der Waals surface area contributed by atoms with E-state index in [1.54, 1.807) is 91.9 Å². The molecule has 4 aromatic carbocycles. The topological polar surface area (TPSA) is 75.7 Å². The molecule has 0 aliphatic carbocycles. The molecule has 0 bridgehead atoms.